The standard InChI is InChI=1S/C14H17FN2O2/c15-9-3-8(4-10(16)5-9)14(19)17-11-1-2-12(17)7-13(18)6-11/h3-5,11-13,18H,1-2,6-7,16H2. The number of halogens is 1. The molecule has 2 aliphatic rings. The van der Waals surface area contributed by atoms with Crippen LogP contribution in [0.4, 0.5) is 10.1 Å². The fourth-order valence-electron chi connectivity index (χ4n) is 3.36. The highest BCUT2D eigenvalue weighted by Crippen LogP contribution is 2.36. The molecule has 3 rings (SSSR count). The van der Waals surface area contributed by atoms with Crippen LogP contribution in [0.15, 0.2) is 18.2 Å². The molecule has 2 unspecified atom stereocenters. The molecular weight excluding hydrogens is 247 g/mol. The Morgan fingerprint density at radius 1 is 1.26 bits per heavy atom. The molecule has 0 radical (unpaired) electrons. The van der Waals surface area contributed by atoms with Gasteiger partial charge >= 0.3 is 0 Å². The minimum atomic E-state index is -0.493. The minimum absolute atomic E-state index is 0.0748. The van der Waals surface area contributed by atoms with Gasteiger partial charge in [0.2, 0.25) is 0 Å². The van der Waals surface area contributed by atoms with Gasteiger partial charge in [0.1, 0.15) is 5.82 Å². The maximum atomic E-state index is 13.3. The van der Waals surface area contributed by atoms with Crippen LogP contribution in [0, 0.1) is 5.82 Å². The number of nitrogen functional groups attached to an aromatic ring is 1. The van der Waals surface area contributed by atoms with Crippen molar-refractivity contribution in [1.82, 2.24) is 4.90 Å². The molecule has 2 aliphatic heterocycles. The molecule has 2 bridgehead atoms. The first-order valence-electron chi connectivity index (χ1n) is 6.61. The van der Waals surface area contributed by atoms with E-state index in [1.807, 2.05) is 0 Å². The molecule has 3 N–H and O–H groups in total. The number of aliphatic hydroxyl groups is 1. The van der Waals surface area contributed by atoms with Crippen LogP contribution in [0.2, 0.25) is 0 Å². The molecule has 1 amide bonds. The van der Waals surface area contributed by atoms with Crippen molar-refractivity contribution in [3.63, 3.8) is 0 Å². The average molecular weight is 264 g/mol. The molecule has 2 saturated heterocycles. The van der Waals surface area contributed by atoms with Crippen LogP contribution in [-0.4, -0.2) is 34.1 Å². The van der Waals surface area contributed by atoms with Gasteiger partial charge in [0.05, 0.1) is 6.10 Å². The Labute approximate surface area is 111 Å². The van der Waals surface area contributed by atoms with Crippen LogP contribution in [0.3, 0.4) is 0 Å². The minimum Gasteiger partial charge on any atom is -0.399 e. The number of hydrogen-bond donors (Lipinski definition) is 2. The number of benzene rings is 1. The van der Waals surface area contributed by atoms with E-state index in [1.54, 1.807) is 4.90 Å². The quantitative estimate of drug-likeness (QED) is 0.756. The van der Waals surface area contributed by atoms with E-state index in [9.17, 15) is 14.3 Å². The Morgan fingerprint density at radius 2 is 1.89 bits per heavy atom. The van der Waals surface area contributed by atoms with Crippen LogP contribution < -0.4 is 5.73 Å². The lowest BCUT2D eigenvalue weighted by Crippen LogP contribution is -2.48. The third kappa shape index (κ3) is 2.18. The van der Waals surface area contributed by atoms with Gasteiger partial charge in [0.25, 0.3) is 5.91 Å². The Balaban J connectivity index is 1.88. The Kier molecular flexibility index (Phi) is 2.93. The van der Waals surface area contributed by atoms with Crippen molar-refractivity contribution in [2.45, 2.75) is 43.9 Å². The van der Waals surface area contributed by atoms with Gasteiger partial charge in [-0.3, -0.25) is 4.79 Å². The highest BCUT2D eigenvalue weighted by Gasteiger charge is 2.42. The maximum Gasteiger partial charge on any atom is 0.254 e. The monoisotopic (exact) mass is 264 g/mol. The van der Waals surface area contributed by atoms with Crippen molar-refractivity contribution < 1.29 is 14.3 Å². The molecule has 2 fully saturated rings. The van der Waals surface area contributed by atoms with Gasteiger partial charge in [-0.25, -0.2) is 4.39 Å². The molecule has 19 heavy (non-hydrogen) atoms. The summed E-state index contributed by atoms with van der Waals surface area (Å²) in [5.74, 6) is -0.668. The lowest BCUT2D eigenvalue weighted by atomic mass is 9.98. The number of carbonyl (C=O) groups excluding carboxylic acids is 1. The Bertz CT molecular complexity index is 486. The number of rotatable bonds is 1. The number of nitrogens with two attached hydrogens (primary N) is 1. The molecule has 102 valence electrons. The SMILES string of the molecule is Nc1cc(F)cc(C(=O)N2C3CCC2CC(O)C3)c1. The second-order valence-electron chi connectivity index (χ2n) is 5.50. The molecule has 0 aliphatic carbocycles. The Hall–Kier alpha value is -1.62. The Morgan fingerprint density at radius 3 is 2.47 bits per heavy atom. The van der Waals surface area contributed by atoms with Crippen molar-refractivity contribution in [1.29, 1.82) is 0 Å². The largest absolute Gasteiger partial charge is 0.399 e. The number of carbonyl (C=O) groups is 1. The third-order valence-electron chi connectivity index (χ3n) is 4.11. The van der Waals surface area contributed by atoms with E-state index in [0.29, 0.717) is 18.4 Å². The van der Waals surface area contributed by atoms with E-state index >= 15 is 0 Å². The summed E-state index contributed by atoms with van der Waals surface area (Å²) in [5, 5.41) is 9.73. The molecule has 2 atom stereocenters. The summed E-state index contributed by atoms with van der Waals surface area (Å²) in [6.07, 6.45) is 2.75. The fraction of sp³-hybridized carbons (Fsp3) is 0.500. The molecule has 0 aromatic heterocycles. The smallest absolute Gasteiger partial charge is 0.254 e. The zero-order valence-corrected chi connectivity index (χ0v) is 10.6. The summed E-state index contributed by atoms with van der Waals surface area (Å²) in [4.78, 5) is 14.3. The first-order chi connectivity index (χ1) is 9.04. The van der Waals surface area contributed by atoms with E-state index in [1.165, 1.54) is 18.2 Å². The second kappa shape index (κ2) is 4.49. The average Bonchev–Trinajstić information content (AvgIpc) is 2.59. The van der Waals surface area contributed by atoms with Gasteiger partial charge in [-0.1, -0.05) is 0 Å². The highest BCUT2D eigenvalue weighted by atomic mass is 19.1. The number of amides is 1. The second-order valence-corrected chi connectivity index (χ2v) is 5.50. The number of fused-ring (bicyclic) bond motifs is 2. The molecule has 0 saturated carbocycles. The number of aliphatic hydroxyl groups excluding tert-OH is 1. The van der Waals surface area contributed by atoms with Gasteiger partial charge in [0, 0.05) is 23.3 Å². The number of hydrogen-bond acceptors (Lipinski definition) is 3. The lowest BCUT2D eigenvalue weighted by molar-refractivity contribution is 0.0286. The van der Waals surface area contributed by atoms with E-state index in [0.717, 1.165) is 12.8 Å². The summed E-state index contributed by atoms with van der Waals surface area (Å²) in [7, 11) is 0. The normalized spacial score (nSPS) is 29.6. The topological polar surface area (TPSA) is 66.6 Å². The van der Waals surface area contributed by atoms with E-state index in [2.05, 4.69) is 0 Å². The van der Waals surface area contributed by atoms with Crippen LogP contribution in [0.1, 0.15) is 36.0 Å². The summed E-state index contributed by atoms with van der Waals surface area (Å²) in [6, 6.07) is 4.08. The van der Waals surface area contributed by atoms with E-state index < -0.39 is 5.82 Å². The van der Waals surface area contributed by atoms with Crippen molar-refractivity contribution in [2.75, 3.05) is 5.73 Å². The summed E-state index contributed by atoms with van der Waals surface area (Å²) < 4.78 is 13.3. The van der Waals surface area contributed by atoms with Crippen LogP contribution in [-0.2, 0) is 0 Å². The van der Waals surface area contributed by atoms with Crippen LogP contribution >= 0.6 is 0 Å². The molecular formula is C14H17FN2O2. The summed E-state index contributed by atoms with van der Waals surface area (Å²) >= 11 is 0. The van der Waals surface area contributed by atoms with Crippen LogP contribution in [0.25, 0.3) is 0 Å². The number of piperidine rings is 1. The number of anilines is 1. The zero-order valence-electron chi connectivity index (χ0n) is 10.6. The van der Waals surface area contributed by atoms with Gasteiger partial charge in [-0.15, -0.1) is 0 Å². The van der Waals surface area contributed by atoms with Gasteiger partial charge in [-0.2, -0.15) is 0 Å². The van der Waals surface area contributed by atoms with Crippen molar-refractivity contribution in [3.05, 3.63) is 29.6 Å². The predicted molar refractivity (Wildman–Crippen MR) is 69.0 cm³/mol. The number of nitrogens with zero attached hydrogens (tertiary/aromatic N) is 1. The summed E-state index contributed by atoms with van der Waals surface area (Å²) in [5.41, 5.74) is 6.14. The lowest BCUT2D eigenvalue weighted by Gasteiger charge is -2.37. The zero-order chi connectivity index (χ0) is 13.6. The molecule has 2 heterocycles. The van der Waals surface area contributed by atoms with Crippen LogP contribution in [0.5, 0.6) is 0 Å². The first kappa shape index (κ1) is 12.4. The first-order valence-corrected chi connectivity index (χ1v) is 6.61. The molecule has 1 aromatic carbocycles. The molecule has 5 heteroatoms. The highest BCUT2D eigenvalue weighted by molar-refractivity contribution is 5.95. The fourth-order valence-corrected chi connectivity index (χ4v) is 3.36. The van der Waals surface area contributed by atoms with E-state index in [-0.39, 0.29) is 29.8 Å². The van der Waals surface area contributed by atoms with E-state index in [4.69, 9.17) is 5.73 Å². The van der Waals surface area contributed by atoms with Gasteiger partial charge < -0.3 is 15.7 Å². The molecule has 1 aromatic rings. The van der Waals surface area contributed by atoms with Crippen molar-refractivity contribution in [3.8, 4) is 0 Å². The predicted octanol–water partition coefficient (Wildman–Crippen LogP) is 1.54. The van der Waals surface area contributed by atoms with Gasteiger partial charge in [-0.05, 0) is 43.9 Å². The van der Waals surface area contributed by atoms with Crippen molar-refractivity contribution >= 4 is 11.6 Å². The van der Waals surface area contributed by atoms with Crippen molar-refractivity contribution in [2.24, 2.45) is 0 Å². The molecule has 0 spiro atoms. The molecule has 4 nitrogen and oxygen atoms in total. The van der Waals surface area contributed by atoms with Gasteiger partial charge in [0.15, 0.2) is 0 Å². The summed E-state index contributed by atoms with van der Waals surface area (Å²) in [6.45, 7) is 0. The maximum absolute atomic E-state index is 13.3. The third-order valence-corrected chi connectivity index (χ3v) is 4.11.